The number of aliphatic hydroxyl groups excluding tert-OH is 2. The molecule has 4 heteroatoms. The lowest BCUT2D eigenvalue weighted by atomic mass is 9.90. The fourth-order valence-corrected chi connectivity index (χ4v) is 4.05. The maximum atomic E-state index is 9.80. The second-order valence-electron chi connectivity index (χ2n) is 8.29. The van der Waals surface area contributed by atoms with Crippen LogP contribution in [0.4, 0.5) is 0 Å². The van der Waals surface area contributed by atoms with Crippen LogP contribution in [-0.2, 0) is 13.1 Å². The number of nitrogens with one attached hydrogen (secondary N) is 2. The Balaban J connectivity index is 0.000000172. The molecule has 2 aliphatic rings. The Hall–Kier alpha value is -1.98. The fourth-order valence-electron chi connectivity index (χ4n) is 4.05. The second kappa shape index (κ2) is 12.7. The molecule has 0 saturated heterocycles. The van der Waals surface area contributed by atoms with E-state index in [2.05, 4.69) is 65.3 Å². The zero-order valence-corrected chi connectivity index (χ0v) is 17.8. The van der Waals surface area contributed by atoms with Gasteiger partial charge in [-0.15, -0.1) is 0 Å². The fraction of sp³-hybridized carbons (Fsp3) is 0.462. The molecule has 4 atom stereocenters. The van der Waals surface area contributed by atoms with Gasteiger partial charge in [0.05, 0.1) is 12.2 Å². The summed E-state index contributed by atoms with van der Waals surface area (Å²) >= 11 is 0. The summed E-state index contributed by atoms with van der Waals surface area (Å²) in [5.74, 6) is 0. The van der Waals surface area contributed by atoms with E-state index in [1.165, 1.54) is 30.4 Å². The highest BCUT2D eigenvalue weighted by molar-refractivity contribution is 5.15. The molecule has 0 aliphatic heterocycles. The molecule has 4 rings (SSSR count). The van der Waals surface area contributed by atoms with Crippen molar-refractivity contribution in [2.75, 3.05) is 0 Å². The van der Waals surface area contributed by atoms with Gasteiger partial charge in [-0.2, -0.15) is 0 Å². The Morgan fingerprint density at radius 1 is 0.733 bits per heavy atom. The van der Waals surface area contributed by atoms with Crippen LogP contribution in [0.5, 0.6) is 0 Å². The van der Waals surface area contributed by atoms with Crippen LogP contribution in [-0.4, -0.2) is 34.5 Å². The molecule has 0 aromatic heterocycles. The number of allylic oxidation sites excluding steroid dienone is 1. The monoisotopic (exact) mass is 408 g/mol. The first-order valence-electron chi connectivity index (χ1n) is 11.3. The summed E-state index contributed by atoms with van der Waals surface area (Å²) in [7, 11) is 0. The Morgan fingerprint density at radius 3 is 1.97 bits per heavy atom. The van der Waals surface area contributed by atoms with Gasteiger partial charge in [-0.1, -0.05) is 72.8 Å². The number of rotatable bonds is 6. The summed E-state index contributed by atoms with van der Waals surface area (Å²) in [5, 5.41) is 26.2. The van der Waals surface area contributed by atoms with E-state index in [0.717, 1.165) is 25.9 Å². The normalized spacial score (nSPS) is 25.9. The summed E-state index contributed by atoms with van der Waals surface area (Å²) in [6.07, 6.45) is 9.87. The van der Waals surface area contributed by atoms with Crippen molar-refractivity contribution in [2.45, 2.75) is 75.9 Å². The Morgan fingerprint density at radius 2 is 1.37 bits per heavy atom. The summed E-state index contributed by atoms with van der Waals surface area (Å²) in [6.45, 7) is 1.73. The highest BCUT2D eigenvalue weighted by Crippen LogP contribution is 2.19. The molecule has 4 nitrogen and oxygen atoms in total. The van der Waals surface area contributed by atoms with E-state index >= 15 is 0 Å². The summed E-state index contributed by atoms with van der Waals surface area (Å²) in [4.78, 5) is 0. The quantitative estimate of drug-likeness (QED) is 0.547. The first kappa shape index (κ1) is 22.7. The van der Waals surface area contributed by atoms with Crippen molar-refractivity contribution in [3.63, 3.8) is 0 Å². The first-order valence-corrected chi connectivity index (χ1v) is 11.3. The van der Waals surface area contributed by atoms with Crippen LogP contribution in [0.15, 0.2) is 72.8 Å². The van der Waals surface area contributed by atoms with Crippen molar-refractivity contribution in [1.82, 2.24) is 10.6 Å². The number of aliphatic hydroxyl groups is 2. The molecular weight excluding hydrogens is 372 g/mol. The third kappa shape index (κ3) is 7.69. The zero-order valence-electron chi connectivity index (χ0n) is 17.8. The van der Waals surface area contributed by atoms with Crippen molar-refractivity contribution in [3.8, 4) is 0 Å². The van der Waals surface area contributed by atoms with E-state index in [4.69, 9.17) is 0 Å². The smallest absolute Gasteiger partial charge is 0.0951 e. The Labute approximate surface area is 181 Å². The first-order chi connectivity index (χ1) is 14.7. The van der Waals surface area contributed by atoms with Crippen LogP contribution in [0.2, 0.25) is 0 Å². The molecule has 0 spiro atoms. The number of hydrogen-bond donors (Lipinski definition) is 4. The van der Waals surface area contributed by atoms with Crippen LogP contribution in [0.25, 0.3) is 0 Å². The average molecular weight is 409 g/mol. The molecule has 4 unspecified atom stereocenters. The maximum absolute atomic E-state index is 9.80. The predicted molar refractivity (Wildman–Crippen MR) is 123 cm³/mol. The van der Waals surface area contributed by atoms with E-state index in [9.17, 15) is 10.2 Å². The molecule has 2 aromatic rings. The van der Waals surface area contributed by atoms with Crippen LogP contribution < -0.4 is 10.6 Å². The lowest BCUT2D eigenvalue weighted by molar-refractivity contribution is -0.0297. The van der Waals surface area contributed by atoms with Gasteiger partial charge in [0.25, 0.3) is 0 Å². The summed E-state index contributed by atoms with van der Waals surface area (Å²) in [6, 6.07) is 21.3. The molecule has 0 heterocycles. The molecule has 2 aromatic carbocycles. The summed E-state index contributed by atoms with van der Waals surface area (Å²) in [5.41, 5.74) is 2.57. The van der Waals surface area contributed by atoms with Gasteiger partial charge in [0, 0.05) is 25.2 Å². The van der Waals surface area contributed by atoms with Gasteiger partial charge >= 0.3 is 0 Å². The minimum atomic E-state index is -0.627. The predicted octanol–water partition coefficient (Wildman–Crippen LogP) is 3.94. The summed E-state index contributed by atoms with van der Waals surface area (Å²) < 4.78 is 0. The molecule has 2 aliphatic carbocycles. The van der Waals surface area contributed by atoms with Gasteiger partial charge in [-0.05, 0) is 49.7 Å². The van der Waals surface area contributed by atoms with Crippen molar-refractivity contribution in [3.05, 3.63) is 83.9 Å². The van der Waals surface area contributed by atoms with Gasteiger partial charge in [-0.3, -0.25) is 0 Å². The highest BCUT2D eigenvalue weighted by Gasteiger charge is 2.29. The zero-order chi connectivity index (χ0) is 21.0. The molecule has 1 fully saturated rings. The molecule has 1 saturated carbocycles. The second-order valence-corrected chi connectivity index (χ2v) is 8.29. The maximum Gasteiger partial charge on any atom is 0.0951 e. The van der Waals surface area contributed by atoms with Gasteiger partial charge in [0.15, 0.2) is 0 Å². The van der Waals surface area contributed by atoms with Gasteiger partial charge < -0.3 is 20.8 Å². The SMILES string of the molecule is C1=CC(NCc2ccccc2)CCC1.OC1CCCC(NCc2ccccc2)C1O. The lowest BCUT2D eigenvalue weighted by Gasteiger charge is -2.32. The molecule has 0 bridgehead atoms. The van der Waals surface area contributed by atoms with Crippen molar-refractivity contribution in [2.24, 2.45) is 0 Å². The van der Waals surface area contributed by atoms with Gasteiger partial charge in [0.2, 0.25) is 0 Å². The number of benzene rings is 2. The van der Waals surface area contributed by atoms with E-state index in [-0.39, 0.29) is 6.04 Å². The topological polar surface area (TPSA) is 64.5 Å². The standard InChI is InChI=1S/C13H19NO2.C13H17N/c15-12-8-4-7-11(13(12)16)14-9-10-5-2-1-3-6-10;1-3-7-12(8-4-1)11-14-13-9-5-2-6-10-13/h1-3,5-6,11-16H,4,7-9H2;1,3-5,7-9,13-14H,2,6,10-11H2. The van der Waals surface area contributed by atoms with Gasteiger partial charge in [-0.25, -0.2) is 0 Å². The minimum absolute atomic E-state index is 0.0176. The highest BCUT2D eigenvalue weighted by atomic mass is 16.3. The average Bonchev–Trinajstić information content (AvgIpc) is 2.81. The van der Waals surface area contributed by atoms with Crippen LogP contribution in [0.1, 0.15) is 49.7 Å². The molecular formula is C26H36N2O2. The third-order valence-electron chi connectivity index (χ3n) is 5.90. The van der Waals surface area contributed by atoms with Crippen molar-refractivity contribution in [1.29, 1.82) is 0 Å². The Bertz CT molecular complexity index is 735. The van der Waals surface area contributed by atoms with Gasteiger partial charge in [0.1, 0.15) is 0 Å². The van der Waals surface area contributed by atoms with Crippen LogP contribution >= 0.6 is 0 Å². The van der Waals surface area contributed by atoms with Crippen molar-refractivity contribution < 1.29 is 10.2 Å². The van der Waals surface area contributed by atoms with E-state index in [1.54, 1.807) is 0 Å². The van der Waals surface area contributed by atoms with Crippen molar-refractivity contribution >= 4 is 0 Å². The lowest BCUT2D eigenvalue weighted by Crippen LogP contribution is -2.48. The third-order valence-corrected chi connectivity index (χ3v) is 5.90. The van der Waals surface area contributed by atoms with E-state index in [0.29, 0.717) is 12.5 Å². The molecule has 162 valence electrons. The van der Waals surface area contributed by atoms with Crippen LogP contribution in [0, 0.1) is 0 Å². The van der Waals surface area contributed by atoms with E-state index < -0.39 is 12.2 Å². The molecule has 4 N–H and O–H groups in total. The Kier molecular flexibility index (Phi) is 9.58. The van der Waals surface area contributed by atoms with Crippen LogP contribution in [0.3, 0.4) is 0 Å². The minimum Gasteiger partial charge on any atom is -0.390 e. The number of hydrogen-bond acceptors (Lipinski definition) is 4. The van der Waals surface area contributed by atoms with E-state index in [1.807, 2.05) is 18.2 Å². The largest absolute Gasteiger partial charge is 0.390 e. The molecule has 30 heavy (non-hydrogen) atoms. The molecule has 0 radical (unpaired) electrons. The molecule has 0 amide bonds.